The molecule has 2 aliphatic heterocycles. The molecule has 2 rings (SSSR count). The van der Waals surface area contributed by atoms with E-state index in [0.29, 0.717) is 6.61 Å². The van der Waals surface area contributed by atoms with Crippen LogP contribution in [0.3, 0.4) is 0 Å². The Morgan fingerprint density at radius 1 is 1.06 bits per heavy atom. The van der Waals surface area contributed by atoms with Crippen molar-refractivity contribution in [3.8, 4) is 0 Å². The third kappa shape index (κ3) is 2.80. The molecule has 2 saturated heterocycles. The largest absolute Gasteiger partial charge is 0.391 e. The second-order valence-corrected chi connectivity index (χ2v) is 5.67. The van der Waals surface area contributed by atoms with Gasteiger partial charge in [-0.25, -0.2) is 0 Å². The minimum Gasteiger partial charge on any atom is -0.391 e. The maximum Gasteiger partial charge on any atom is 0.164 e. The number of hydrogen-bond donors (Lipinski definition) is 1. The average molecular weight is 246 g/mol. The Balaban J connectivity index is 2.09. The van der Waals surface area contributed by atoms with Crippen molar-refractivity contribution in [1.29, 1.82) is 0 Å². The van der Waals surface area contributed by atoms with Gasteiger partial charge in [0.2, 0.25) is 0 Å². The zero-order chi connectivity index (χ0) is 12.8. The van der Waals surface area contributed by atoms with Gasteiger partial charge < -0.3 is 24.1 Å². The molecule has 0 aliphatic carbocycles. The first-order chi connectivity index (χ1) is 7.70. The second-order valence-electron chi connectivity index (χ2n) is 5.67. The molecule has 0 amide bonds. The molecule has 0 aromatic carbocycles. The lowest BCUT2D eigenvalue weighted by Gasteiger charge is -2.24. The van der Waals surface area contributed by atoms with Crippen LogP contribution < -0.4 is 0 Å². The monoisotopic (exact) mass is 246 g/mol. The van der Waals surface area contributed by atoms with E-state index in [0.717, 1.165) is 0 Å². The molecule has 2 fully saturated rings. The first kappa shape index (κ1) is 13.2. The van der Waals surface area contributed by atoms with Crippen molar-refractivity contribution in [3.63, 3.8) is 0 Å². The molecule has 0 saturated carbocycles. The normalized spacial score (nSPS) is 41.6. The van der Waals surface area contributed by atoms with E-state index >= 15 is 0 Å². The Labute approximate surface area is 102 Å². The summed E-state index contributed by atoms with van der Waals surface area (Å²) >= 11 is 0. The predicted molar refractivity (Wildman–Crippen MR) is 60.4 cm³/mol. The Bertz CT molecular complexity index is 287. The number of hydrogen-bond acceptors (Lipinski definition) is 5. The maximum absolute atomic E-state index is 9.74. The standard InChI is InChI=1S/C12H22O5/c1-7(13)9-10(17-12(4,5)16-9)8-6-14-11(2,3)15-8/h7-10,13H,6H2,1-5H3/t7-,8+,9+,10+/m1/s1. The van der Waals surface area contributed by atoms with Crippen LogP contribution in [0, 0.1) is 0 Å². The van der Waals surface area contributed by atoms with Gasteiger partial charge in [0.15, 0.2) is 11.6 Å². The molecule has 0 radical (unpaired) electrons. The average Bonchev–Trinajstić information content (AvgIpc) is 2.66. The van der Waals surface area contributed by atoms with Crippen LogP contribution in [0.15, 0.2) is 0 Å². The highest BCUT2D eigenvalue weighted by atomic mass is 16.8. The highest BCUT2D eigenvalue weighted by Crippen LogP contribution is 2.36. The zero-order valence-electron chi connectivity index (χ0n) is 11.1. The smallest absolute Gasteiger partial charge is 0.164 e. The van der Waals surface area contributed by atoms with Gasteiger partial charge in [-0.1, -0.05) is 0 Å². The fraction of sp³-hybridized carbons (Fsp3) is 1.00. The molecule has 5 nitrogen and oxygen atoms in total. The molecule has 0 unspecified atom stereocenters. The third-order valence-electron chi connectivity index (χ3n) is 3.04. The fourth-order valence-electron chi connectivity index (χ4n) is 2.36. The summed E-state index contributed by atoms with van der Waals surface area (Å²) in [6.07, 6.45) is -1.49. The lowest BCUT2D eigenvalue weighted by molar-refractivity contribution is -0.175. The first-order valence-electron chi connectivity index (χ1n) is 6.06. The summed E-state index contributed by atoms with van der Waals surface area (Å²) in [7, 11) is 0. The molecule has 0 bridgehead atoms. The van der Waals surface area contributed by atoms with Gasteiger partial charge in [0, 0.05) is 0 Å². The summed E-state index contributed by atoms with van der Waals surface area (Å²) in [5.74, 6) is -1.29. The van der Waals surface area contributed by atoms with E-state index in [2.05, 4.69) is 0 Å². The summed E-state index contributed by atoms with van der Waals surface area (Å²) in [6, 6.07) is 0. The van der Waals surface area contributed by atoms with Crippen molar-refractivity contribution in [2.45, 2.75) is 70.6 Å². The number of ether oxygens (including phenoxy) is 4. The van der Waals surface area contributed by atoms with Crippen LogP contribution in [-0.4, -0.2) is 47.7 Å². The van der Waals surface area contributed by atoms with Gasteiger partial charge in [0.05, 0.1) is 12.7 Å². The topological polar surface area (TPSA) is 57.2 Å². The fourth-order valence-corrected chi connectivity index (χ4v) is 2.36. The second kappa shape index (κ2) is 4.17. The Kier molecular flexibility index (Phi) is 3.25. The Morgan fingerprint density at radius 2 is 1.71 bits per heavy atom. The predicted octanol–water partition coefficient (Wildman–Crippen LogP) is 1.04. The van der Waals surface area contributed by atoms with Crippen LogP contribution >= 0.6 is 0 Å². The first-order valence-corrected chi connectivity index (χ1v) is 6.06. The SMILES string of the molecule is C[C@@H](O)[C@@H]1OC(C)(C)O[C@H]1[C@@H]1COC(C)(C)O1. The van der Waals surface area contributed by atoms with Crippen LogP contribution in [0.5, 0.6) is 0 Å². The van der Waals surface area contributed by atoms with E-state index in [1.807, 2.05) is 27.7 Å². The minimum absolute atomic E-state index is 0.202. The van der Waals surface area contributed by atoms with E-state index in [1.165, 1.54) is 0 Å². The zero-order valence-corrected chi connectivity index (χ0v) is 11.1. The van der Waals surface area contributed by atoms with Gasteiger partial charge in [0.1, 0.15) is 18.3 Å². The number of aliphatic hydroxyl groups is 1. The van der Waals surface area contributed by atoms with Gasteiger partial charge in [-0.3, -0.25) is 0 Å². The Hall–Kier alpha value is -0.200. The molecule has 1 N–H and O–H groups in total. The summed E-state index contributed by atoms with van der Waals surface area (Å²) in [5, 5.41) is 9.74. The van der Waals surface area contributed by atoms with Gasteiger partial charge in [-0.05, 0) is 34.6 Å². The third-order valence-corrected chi connectivity index (χ3v) is 3.04. The van der Waals surface area contributed by atoms with Crippen molar-refractivity contribution in [1.82, 2.24) is 0 Å². The van der Waals surface area contributed by atoms with Crippen LogP contribution in [0.25, 0.3) is 0 Å². The van der Waals surface area contributed by atoms with Gasteiger partial charge in [-0.2, -0.15) is 0 Å². The quantitative estimate of drug-likeness (QED) is 0.789. The number of aliphatic hydroxyl groups excluding tert-OH is 1. The van der Waals surface area contributed by atoms with Crippen LogP contribution in [0.1, 0.15) is 34.6 Å². The lowest BCUT2D eigenvalue weighted by Crippen LogP contribution is -2.42. The molecule has 0 aromatic heterocycles. The van der Waals surface area contributed by atoms with Crippen LogP contribution in [0.2, 0.25) is 0 Å². The van der Waals surface area contributed by atoms with Crippen molar-refractivity contribution in [2.75, 3.05) is 6.61 Å². The van der Waals surface area contributed by atoms with E-state index in [1.54, 1.807) is 6.92 Å². The van der Waals surface area contributed by atoms with Crippen LogP contribution in [-0.2, 0) is 18.9 Å². The van der Waals surface area contributed by atoms with Crippen molar-refractivity contribution in [3.05, 3.63) is 0 Å². The molecule has 0 aromatic rings. The van der Waals surface area contributed by atoms with Crippen molar-refractivity contribution >= 4 is 0 Å². The molecule has 17 heavy (non-hydrogen) atoms. The molecule has 2 aliphatic rings. The summed E-state index contributed by atoms with van der Waals surface area (Å²) < 4.78 is 22.8. The molecule has 2 heterocycles. The molecule has 100 valence electrons. The molecule has 5 heteroatoms. The van der Waals surface area contributed by atoms with Gasteiger partial charge >= 0.3 is 0 Å². The van der Waals surface area contributed by atoms with Gasteiger partial charge in [0.25, 0.3) is 0 Å². The van der Waals surface area contributed by atoms with E-state index in [9.17, 15) is 5.11 Å². The van der Waals surface area contributed by atoms with Gasteiger partial charge in [-0.15, -0.1) is 0 Å². The molecular formula is C12H22O5. The summed E-state index contributed by atoms with van der Waals surface area (Å²) in [4.78, 5) is 0. The van der Waals surface area contributed by atoms with Crippen molar-refractivity contribution < 1.29 is 24.1 Å². The van der Waals surface area contributed by atoms with Crippen LogP contribution in [0.4, 0.5) is 0 Å². The summed E-state index contributed by atoms with van der Waals surface area (Å²) in [5.41, 5.74) is 0. The van der Waals surface area contributed by atoms with E-state index < -0.39 is 17.7 Å². The highest BCUT2D eigenvalue weighted by Gasteiger charge is 2.51. The minimum atomic E-state index is -0.692. The Morgan fingerprint density at radius 3 is 2.18 bits per heavy atom. The number of rotatable bonds is 2. The van der Waals surface area contributed by atoms with E-state index in [4.69, 9.17) is 18.9 Å². The van der Waals surface area contributed by atoms with E-state index in [-0.39, 0.29) is 18.3 Å². The highest BCUT2D eigenvalue weighted by molar-refractivity contribution is 4.92. The molecular weight excluding hydrogens is 224 g/mol. The molecule has 4 atom stereocenters. The molecule has 0 spiro atoms. The maximum atomic E-state index is 9.74. The summed E-state index contributed by atoms with van der Waals surface area (Å²) in [6.45, 7) is 9.56. The lowest BCUT2D eigenvalue weighted by atomic mass is 10.0. The van der Waals surface area contributed by atoms with Crippen molar-refractivity contribution in [2.24, 2.45) is 0 Å².